The van der Waals surface area contributed by atoms with Gasteiger partial charge in [0, 0.05) is 35.4 Å². The lowest BCUT2D eigenvalue weighted by Gasteiger charge is -2.15. The average molecular weight is 452 g/mol. The number of ether oxygens (including phenoxy) is 1. The summed E-state index contributed by atoms with van der Waals surface area (Å²) >= 11 is 1.29. The van der Waals surface area contributed by atoms with E-state index in [0.29, 0.717) is 32.5 Å². The lowest BCUT2D eigenvalue weighted by Crippen LogP contribution is -2.22. The number of rotatable bonds is 6. The molecule has 0 spiro atoms. The second kappa shape index (κ2) is 8.54. The predicted octanol–water partition coefficient (Wildman–Crippen LogP) is 4.53. The molecule has 2 aromatic heterocycles. The van der Waals surface area contributed by atoms with E-state index in [1.165, 1.54) is 35.3 Å². The van der Waals surface area contributed by atoms with Gasteiger partial charge in [0.25, 0.3) is 5.91 Å². The van der Waals surface area contributed by atoms with Crippen molar-refractivity contribution in [2.45, 2.75) is 26.1 Å². The predicted molar refractivity (Wildman–Crippen MR) is 109 cm³/mol. The Labute approximate surface area is 179 Å². The minimum atomic E-state index is -4.52. The van der Waals surface area contributed by atoms with Crippen LogP contribution in [0.4, 0.5) is 13.2 Å². The van der Waals surface area contributed by atoms with Crippen molar-refractivity contribution in [3.8, 4) is 5.75 Å². The van der Waals surface area contributed by atoms with E-state index in [4.69, 9.17) is 9.84 Å². The SMILES string of the molecule is Cc1nc(C(F)(F)F)ccc1COc1cc(C(=O)N(C)C)c2c(CC(=O)O)csc2c1. The molecule has 0 aliphatic heterocycles. The first-order valence-corrected chi connectivity index (χ1v) is 9.99. The van der Waals surface area contributed by atoms with Crippen LogP contribution in [0.25, 0.3) is 10.1 Å². The number of alkyl halides is 3. The number of carboxylic acids is 1. The van der Waals surface area contributed by atoms with Gasteiger partial charge in [-0.15, -0.1) is 11.3 Å². The lowest BCUT2D eigenvalue weighted by atomic mass is 10.0. The van der Waals surface area contributed by atoms with Gasteiger partial charge >= 0.3 is 12.1 Å². The maximum Gasteiger partial charge on any atom is 0.433 e. The number of benzene rings is 1. The van der Waals surface area contributed by atoms with Crippen molar-refractivity contribution in [3.63, 3.8) is 0 Å². The van der Waals surface area contributed by atoms with E-state index in [1.807, 2.05) is 0 Å². The molecular formula is C21H19F3N2O4S. The number of thiophene rings is 1. The summed E-state index contributed by atoms with van der Waals surface area (Å²) in [5.74, 6) is -0.970. The Balaban J connectivity index is 1.94. The topological polar surface area (TPSA) is 79.7 Å². The minimum Gasteiger partial charge on any atom is -0.489 e. The van der Waals surface area contributed by atoms with Gasteiger partial charge in [0.05, 0.1) is 12.0 Å². The first kappa shape index (κ1) is 22.5. The second-order valence-electron chi connectivity index (χ2n) is 7.10. The zero-order chi connectivity index (χ0) is 22.9. The van der Waals surface area contributed by atoms with E-state index in [1.54, 1.807) is 25.5 Å². The third kappa shape index (κ3) is 4.96. The molecule has 3 aromatic rings. The molecule has 0 aliphatic rings. The zero-order valence-electron chi connectivity index (χ0n) is 16.9. The van der Waals surface area contributed by atoms with Gasteiger partial charge in [0.2, 0.25) is 0 Å². The van der Waals surface area contributed by atoms with Crippen molar-refractivity contribution in [2.24, 2.45) is 0 Å². The molecule has 6 nitrogen and oxygen atoms in total. The first-order chi connectivity index (χ1) is 14.5. The molecular weight excluding hydrogens is 433 g/mol. The summed E-state index contributed by atoms with van der Waals surface area (Å²) in [6.45, 7) is 1.43. The molecule has 0 bridgehead atoms. The fourth-order valence-electron chi connectivity index (χ4n) is 3.06. The van der Waals surface area contributed by atoms with Crippen LogP contribution in [0.15, 0.2) is 29.6 Å². The minimum absolute atomic E-state index is 0.0363. The van der Waals surface area contributed by atoms with E-state index in [-0.39, 0.29) is 24.6 Å². The number of carbonyl (C=O) groups is 2. The van der Waals surface area contributed by atoms with E-state index in [9.17, 15) is 22.8 Å². The molecule has 10 heteroatoms. The zero-order valence-corrected chi connectivity index (χ0v) is 17.7. The number of aliphatic carboxylic acids is 1. The second-order valence-corrected chi connectivity index (χ2v) is 8.01. The summed E-state index contributed by atoms with van der Waals surface area (Å²) in [4.78, 5) is 28.9. The molecule has 1 aromatic carbocycles. The van der Waals surface area contributed by atoms with Crippen molar-refractivity contribution in [1.29, 1.82) is 0 Å². The number of nitrogens with zero attached hydrogens (tertiary/aromatic N) is 2. The fourth-order valence-corrected chi connectivity index (χ4v) is 4.07. The normalized spacial score (nSPS) is 11.5. The fraction of sp³-hybridized carbons (Fsp3) is 0.286. The molecule has 2 heterocycles. The van der Waals surface area contributed by atoms with Gasteiger partial charge in [0.1, 0.15) is 18.1 Å². The maximum atomic E-state index is 12.8. The molecule has 0 saturated carbocycles. The van der Waals surface area contributed by atoms with E-state index >= 15 is 0 Å². The van der Waals surface area contributed by atoms with E-state index < -0.39 is 17.8 Å². The maximum absolute atomic E-state index is 12.8. The van der Waals surface area contributed by atoms with Crippen LogP contribution in [0.3, 0.4) is 0 Å². The highest BCUT2D eigenvalue weighted by molar-refractivity contribution is 7.17. The van der Waals surface area contributed by atoms with Gasteiger partial charge in [-0.1, -0.05) is 6.07 Å². The number of amides is 1. The summed E-state index contributed by atoms with van der Waals surface area (Å²) in [7, 11) is 3.17. The molecule has 1 amide bonds. The molecule has 1 N–H and O–H groups in total. The molecule has 3 rings (SSSR count). The first-order valence-electron chi connectivity index (χ1n) is 9.11. The number of aromatic nitrogens is 1. The summed E-state index contributed by atoms with van der Waals surface area (Å²) in [5.41, 5.74) is 0.537. The molecule has 0 fully saturated rings. The summed E-state index contributed by atoms with van der Waals surface area (Å²) < 4.78 is 44.8. The van der Waals surface area contributed by atoms with Crippen LogP contribution in [-0.2, 0) is 24.0 Å². The van der Waals surface area contributed by atoms with Crippen LogP contribution in [-0.4, -0.2) is 41.0 Å². The number of carbonyl (C=O) groups excluding carboxylic acids is 1. The van der Waals surface area contributed by atoms with Crippen LogP contribution in [0.1, 0.15) is 32.9 Å². The van der Waals surface area contributed by atoms with Gasteiger partial charge < -0.3 is 14.7 Å². The highest BCUT2D eigenvalue weighted by atomic mass is 32.1. The standard InChI is InChI=1S/C21H19F3N2O4S/c1-11-12(4-5-17(25-11)21(22,23)24)9-30-14-7-15(20(29)26(2)3)19-13(6-18(27)28)10-31-16(19)8-14/h4-5,7-8,10H,6,9H2,1-3H3,(H,27,28). The quantitative estimate of drug-likeness (QED) is 0.594. The molecule has 0 radical (unpaired) electrons. The smallest absolute Gasteiger partial charge is 0.433 e. The Kier molecular flexibility index (Phi) is 6.21. The van der Waals surface area contributed by atoms with Gasteiger partial charge in [-0.05, 0) is 36.1 Å². The van der Waals surface area contributed by atoms with E-state index in [2.05, 4.69) is 4.98 Å². The number of pyridine rings is 1. The summed E-state index contributed by atoms with van der Waals surface area (Å²) in [6, 6.07) is 5.42. The van der Waals surface area contributed by atoms with E-state index in [0.717, 1.165) is 6.07 Å². The van der Waals surface area contributed by atoms with Crippen molar-refractivity contribution >= 4 is 33.3 Å². The van der Waals surface area contributed by atoms with Gasteiger partial charge in [-0.25, -0.2) is 4.98 Å². The Morgan fingerprint density at radius 1 is 1.19 bits per heavy atom. The van der Waals surface area contributed by atoms with Crippen molar-refractivity contribution in [1.82, 2.24) is 9.88 Å². The number of hydrogen-bond acceptors (Lipinski definition) is 5. The van der Waals surface area contributed by atoms with Gasteiger partial charge in [0.15, 0.2) is 0 Å². The number of fused-ring (bicyclic) bond motifs is 1. The number of hydrogen-bond donors (Lipinski definition) is 1. The largest absolute Gasteiger partial charge is 0.489 e. The van der Waals surface area contributed by atoms with Crippen molar-refractivity contribution < 1.29 is 32.6 Å². The highest BCUT2D eigenvalue weighted by Gasteiger charge is 2.32. The van der Waals surface area contributed by atoms with Crippen LogP contribution in [0.2, 0.25) is 0 Å². The third-order valence-corrected chi connectivity index (χ3v) is 5.56. The Hall–Kier alpha value is -3.14. The number of aryl methyl sites for hydroxylation is 1. The summed E-state index contributed by atoms with van der Waals surface area (Å²) in [6.07, 6.45) is -4.74. The van der Waals surface area contributed by atoms with Crippen LogP contribution < -0.4 is 4.74 Å². The highest BCUT2D eigenvalue weighted by Crippen LogP contribution is 2.35. The molecule has 31 heavy (non-hydrogen) atoms. The monoisotopic (exact) mass is 452 g/mol. The Bertz CT molecular complexity index is 1160. The molecule has 0 unspecified atom stereocenters. The van der Waals surface area contributed by atoms with Crippen molar-refractivity contribution in [3.05, 3.63) is 57.7 Å². The van der Waals surface area contributed by atoms with Crippen molar-refractivity contribution in [2.75, 3.05) is 14.1 Å². The third-order valence-electron chi connectivity index (χ3n) is 4.58. The van der Waals surface area contributed by atoms with Crippen LogP contribution >= 0.6 is 11.3 Å². The van der Waals surface area contributed by atoms with Crippen LogP contribution in [0, 0.1) is 6.92 Å². The number of halogens is 3. The Morgan fingerprint density at radius 2 is 1.90 bits per heavy atom. The molecule has 0 aliphatic carbocycles. The lowest BCUT2D eigenvalue weighted by molar-refractivity contribution is -0.141. The average Bonchev–Trinajstić information content (AvgIpc) is 3.07. The van der Waals surface area contributed by atoms with Gasteiger partial charge in [-0.2, -0.15) is 13.2 Å². The number of carboxylic acid groups (broad SMARTS) is 1. The van der Waals surface area contributed by atoms with Crippen LogP contribution in [0.5, 0.6) is 5.75 Å². The Morgan fingerprint density at radius 3 is 2.48 bits per heavy atom. The molecule has 0 saturated heterocycles. The molecule has 0 atom stereocenters. The molecule has 164 valence electrons. The van der Waals surface area contributed by atoms with Gasteiger partial charge in [-0.3, -0.25) is 9.59 Å². The summed E-state index contributed by atoms with van der Waals surface area (Å²) in [5, 5.41) is 11.4.